The molecule has 2 amide bonds. The second-order valence-corrected chi connectivity index (χ2v) is 7.48. The molecular weight excluding hydrogens is 431 g/mol. The van der Waals surface area contributed by atoms with Crippen molar-refractivity contribution in [3.63, 3.8) is 0 Å². The first kappa shape index (κ1) is 20.9. The van der Waals surface area contributed by atoms with E-state index in [2.05, 4.69) is 24.3 Å². The molecule has 1 aliphatic heterocycles. The number of hydrogen-bond acceptors (Lipinski definition) is 6. The summed E-state index contributed by atoms with van der Waals surface area (Å²) in [6.07, 6.45) is -4.79. The van der Waals surface area contributed by atoms with Crippen LogP contribution in [-0.2, 0) is 0 Å². The number of ether oxygens (including phenoxy) is 1. The fraction of sp³-hybridized carbons (Fsp3) is 0.250. The molecule has 0 bridgehead atoms. The monoisotopic (exact) mass is 449 g/mol. The summed E-state index contributed by atoms with van der Waals surface area (Å²) in [6, 6.07) is 14.5. The highest BCUT2D eigenvalue weighted by molar-refractivity contribution is 7.09. The summed E-state index contributed by atoms with van der Waals surface area (Å²) < 4.78 is 45.4. The van der Waals surface area contributed by atoms with E-state index in [1.165, 1.54) is 29.7 Å². The van der Waals surface area contributed by atoms with E-state index in [0.717, 1.165) is 16.8 Å². The highest BCUT2D eigenvalue weighted by Crippen LogP contribution is 2.26. The second kappa shape index (κ2) is 8.80. The number of alkyl halides is 3. The predicted octanol–water partition coefficient (Wildman–Crippen LogP) is 4.46. The normalized spacial score (nSPS) is 14.4. The molecule has 0 radical (unpaired) electrons. The van der Waals surface area contributed by atoms with Gasteiger partial charge >= 0.3 is 12.4 Å². The zero-order valence-electron chi connectivity index (χ0n) is 16.2. The molecule has 162 valence electrons. The molecule has 0 aliphatic carbocycles. The van der Waals surface area contributed by atoms with Crippen LogP contribution in [0.5, 0.6) is 5.75 Å². The number of hydrogen-bond donors (Lipinski definition) is 1. The van der Waals surface area contributed by atoms with Crippen LogP contribution in [0.25, 0.3) is 11.4 Å². The number of rotatable bonds is 4. The van der Waals surface area contributed by atoms with E-state index in [1.54, 1.807) is 4.90 Å². The van der Waals surface area contributed by atoms with Crippen molar-refractivity contribution in [2.45, 2.75) is 6.36 Å². The topological polar surface area (TPSA) is 70.6 Å². The zero-order valence-corrected chi connectivity index (χ0v) is 17.0. The van der Waals surface area contributed by atoms with Crippen molar-refractivity contribution >= 4 is 28.4 Å². The van der Waals surface area contributed by atoms with Gasteiger partial charge in [-0.1, -0.05) is 36.4 Å². The van der Waals surface area contributed by atoms with Crippen LogP contribution in [0.1, 0.15) is 0 Å². The first-order valence-electron chi connectivity index (χ1n) is 9.43. The molecule has 1 aliphatic rings. The third-order valence-electron chi connectivity index (χ3n) is 4.60. The van der Waals surface area contributed by atoms with E-state index >= 15 is 0 Å². The SMILES string of the molecule is O=C(Nc1cccc(OC(F)(F)F)c1)N1CCN(c2nc(-c3ccccc3)ns2)CC1. The number of amides is 2. The molecule has 0 saturated carbocycles. The van der Waals surface area contributed by atoms with Crippen LogP contribution in [0.3, 0.4) is 0 Å². The van der Waals surface area contributed by atoms with Crippen molar-refractivity contribution < 1.29 is 22.7 Å². The number of aromatic nitrogens is 2. The van der Waals surface area contributed by atoms with Gasteiger partial charge in [0.1, 0.15) is 5.75 Å². The lowest BCUT2D eigenvalue weighted by atomic mass is 10.2. The van der Waals surface area contributed by atoms with Gasteiger partial charge in [-0.2, -0.15) is 9.36 Å². The minimum Gasteiger partial charge on any atom is -0.406 e. The standard InChI is InChI=1S/C20H18F3N5O2S/c21-20(22,23)30-16-8-4-7-15(13-16)24-18(29)27-9-11-28(12-10-27)19-25-17(26-31-19)14-5-2-1-3-6-14/h1-8,13H,9-12H2,(H,24,29). The van der Waals surface area contributed by atoms with Crippen LogP contribution in [0.2, 0.25) is 0 Å². The van der Waals surface area contributed by atoms with Crippen LogP contribution in [0, 0.1) is 0 Å². The average Bonchev–Trinajstić information content (AvgIpc) is 3.24. The fourth-order valence-electron chi connectivity index (χ4n) is 3.12. The summed E-state index contributed by atoms with van der Waals surface area (Å²) in [4.78, 5) is 20.8. The molecule has 0 spiro atoms. The van der Waals surface area contributed by atoms with E-state index in [1.807, 2.05) is 30.3 Å². The van der Waals surface area contributed by atoms with Crippen molar-refractivity contribution in [1.82, 2.24) is 14.3 Å². The molecular formula is C20H18F3N5O2S. The van der Waals surface area contributed by atoms with Crippen molar-refractivity contribution in [3.05, 3.63) is 54.6 Å². The number of anilines is 2. The predicted molar refractivity (Wildman–Crippen MR) is 111 cm³/mol. The van der Waals surface area contributed by atoms with Gasteiger partial charge in [-0.3, -0.25) is 0 Å². The number of urea groups is 1. The maximum atomic E-state index is 12.5. The number of halogens is 3. The van der Waals surface area contributed by atoms with Gasteiger partial charge in [0.15, 0.2) is 5.82 Å². The Kier molecular flexibility index (Phi) is 5.94. The van der Waals surface area contributed by atoms with Crippen molar-refractivity contribution in [2.75, 3.05) is 36.4 Å². The lowest BCUT2D eigenvalue weighted by Crippen LogP contribution is -2.50. The van der Waals surface area contributed by atoms with Crippen LogP contribution in [0.4, 0.5) is 28.8 Å². The van der Waals surface area contributed by atoms with Crippen LogP contribution in [0.15, 0.2) is 54.6 Å². The minimum atomic E-state index is -4.79. The molecule has 1 fully saturated rings. The molecule has 0 atom stereocenters. The van der Waals surface area contributed by atoms with Gasteiger partial charge in [0.05, 0.1) is 0 Å². The van der Waals surface area contributed by atoms with Gasteiger partial charge in [-0.15, -0.1) is 13.2 Å². The highest BCUT2D eigenvalue weighted by Gasteiger charge is 2.31. The number of benzene rings is 2. The number of carbonyl (C=O) groups is 1. The highest BCUT2D eigenvalue weighted by atomic mass is 32.1. The Bertz CT molecular complexity index is 1040. The molecule has 7 nitrogen and oxygen atoms in total. The Hall–Kier alpha value is -3.34. The van der Waals surface area contributed by atoms with E-state index in [0.29, 0.717) is 32.0 Å². The van der Waals surface area contributed by atoms with E-state index in [9.17, 15) is 18.0 Å². The van der Waals surface area contributed by atoms with Gasteiger partial charge in [0, 0.05) is 55.0 Å². The summed E-state index contributed by atoms with van der Waals surface area (Å²) in [7, 11) is 0. The molecule has 1 N–H and O–H groups in total. The fourth-order valence-corrected chi connectivity index (χ4v) is 3.86. The largest absolute Gasteiger partial charge is 0.573 e. The molecule has 4 rings (SSSR count). The summed E-state index contributed by atoms with van der Waals surface area (Å²) in [5, 5.41) is 3.40. The Labute approximate surface area is 180 Å². The molecule has 1 aromatic heterocycles. The van der Waals surface area contributed by atoms with E-state index < -0.39 is 6.36 Å². The first-order valence-corrected chi connectivity index (χ1v) is 10.2. The summed E-state index contributed by atoms with van der Waals surface area (Å²) in [5.74, 6) is 0.280. The Morgan fingerprint density at radius 2 is 1.77 bits per heavy atom. The molecule has 31 heavy (non-hydrogen) atoms. The zero-order chi connectivity index (χ0) is 21.8. The van der Waals surface area contributed by atoms with Crippen molar-refractivity contribution in [3.8, 4) is 17.1 Å². The molecule has 2 aromatic carbocycles. The first-order chi connectivity index (χ1) is 14.9. The smallest absolute Gasteiger partial charge is 0.406 e. The van der Waals surface area contributed by atoms with Gasteiger partial charge < -0.3 is 19.9 Å². The molecule has 2 heterocycles. The van der Waals surface area contributed by atoms with Gasteiger partial charge in [-0.05, 0) is 12.1 Å². The third-order valence-corrected chi connectivity index (χ3v) is 5.38. The van der Waals surface area contributed by atoms with Crippen LogP contribution < -0.4 is 15.0 Å². The summed E-state index contributed by atoms with van der Waals surface area (Å²) >= 11 is 1.31. The minimum absolute atomic E-state index is 0.228. The number of nitrogens with one attached hydrogen (secondary N) is 1. The Morgan fingerprint density at radius 1 is 1.03 bits per heavy atom. The summed E-state index contributed by atoms with van der Waals surface area (Å²) in [6.45, 7) is 2.05. The third kappa shape index (κ3) is 5.43. The van der Waals surface area contributed by atoms with Gasteiger partial charge in [0.25, 0.3) is 0 Å². The van der Waals surface area contributed by atoms with Crippen molar-refractivity contribution in [1.29, 1.82) is 0 Å². The molecule has 3 aromatic rings. The quantitative estimate of drug-likeness (QED) is 0.637. The maximum Gasteiger partial charge on any atom is 0.573 e. The van der Waals surface area contributed by atoms with Gasteiger partial charge in [-0.25, -0.2) is 4.79 Å². The molecule has 0 unspecified atom stereocenters. The molecule has 11 heteroatoms. The second-order valence-electron chi connectivity index (χ2n) is 6.75. The Morgan fingerprint density at radius 3 is 2.48 bits per heavy atom. The number of piperazine rings is 1. The number of carbonyl (C=O) groups excluding carboxylic acids is 1. The average molecular weight is 449 g/mol. The lowest BCUT2D eigenvalue weighted by molar-refractivity contribution is -0.274. The van der Waals surface area contributed by atoms with E-state index in [4.69, 9.17) is 0 Å². The van der Waals surface area contributed by atoms with Gasteiger partial charge in [0.2, 0.25) is 5.13 Å². The Balaban J connectivity index is 1.32. The van der Waals surface area contributed by atoms with Crippen LogP contribution >= 0.6 is 11.5 Å². The maximum absolute atomic E-state index is 12.5. The van der Waals surface area contributed by atoms with E-state index in [-0.39, 0.29) is 17.5 Å². The van der Waals surface area contributed by atoms with Crippen molar-refractivity contribution in [2.24, 2.45) is 0 Å². The van der Waals surface area contributed by atoms with Crippen LogP contribution in [-0.4, -0.2) is 52.8 Å². The number of nitrogens with zero attached hydrogens (tertiary/aromatic N) is 4. The lowest BCUT2D eigenvalue weighted by Gasteiger charge is -2.34. The summed E-state index contributed by atoms with van der Waals surface area (Å²) in [5.41, 5.74) is 1.17. The molecule has 1 saturated heterocycles.